The fraction of sp³-hybridized carbons (Fsp3) is 0.350. The molecule has 0 bridgehead atoms. The molecule has 0 atom stereocenters. The number of carbonyl (C=O) groups is 1. The average molecular weight is 344 g/mol. The van der Waals surface area contributed by atoms with Crippen molar-refractivity contribution in [2.24, 2.45) is 0 Å². The molecule has 0 unspecified atom stereocenters. The van der Waals surface area contributed by atoms with Crippen LogP contribution in [0.25, 0.3) is 0 Å². The van der Waals surface area contributed by atoms with Gasteiger partial charge in [0, 0.05) is 38.3 Å². The molecule has 0 N–H and O–H groups in total. The highest BCUT2D eigenvalue weighted by Crippen LogP contribution is 2.14. The number of rotatable bonds is 3. The van der Waals surface area contributed by atoms with Crippen molar-refractivity contribution in [3.05, 3.63) is 70.8 Å². The number of benzene rings is 2. The normalized spacial score (nSPS) is 15.9. The second-order valence-electron chi connectivity index (χ2n) is 6.54. The summed E-state index contributed by atoms with van der Waals surface area (Å²) < 4.78 is 26.4. The summed E-state index contributed by atoms with van der Waals surface area (Å²) in [6.07, 6.45) is 0.862. The van der Waals surface area contributed by atoms with E-state index in [4.69, 9.17) is 0 Å². The fourth-order valence-electron chi connectivity index (χ4n) is 3.11. The quantitative estimate of drug-likeness (QED) is 0.849. The third-order valence-corrected chi connectivity index (χ3v) is 4.56. The maximum atomic E-state index is 13.4. The molecule has 1 heterocycles. The zero-order chi connectivity index (χ0) is 17.8. The number of aryl methyl sites for hydroxylation is 1. The van der Waals surface area contributed by atoms with Crippen molar-refractivity contribution >= 4 is 5.91 Å². The summed E-state index contributed by atoms with van der Waals surface area (Å²) in [6.45, 7) is 5.45. The van der Waals surface area contributed by atoms with Gasteiger partial charge in [0.05, 0.1) is 0 Å². The van der Waals surface area contributed by atoms with Gasteiger partial charge < -0.3 is 4.90 Å². The lowest BCUT2D eigenvalue weighted by Crippen LogP contribution is -2.35. The summed E-state index contributed by atoms with van der Waals surface area (Å²) in [5.74, 6) is -1.59. The molecule has 25 heavy (non-hydrogen) atoms. The minimum Gasteiger partial charge on any atom is -0.337 e. The topological polar surface area (TPSA) is 23.6 Å². The molecule has 2 aromatic rings. The number of carbonyl (C=O) groups excluding carboxylic acids is 1. The molecule has 1 saturated heterocycles. The van der Waals surface area contributed by atoms with Crippen LogP contribution < -0.4 is 0 Å². The van der Waals surface area contributed by atoms with Crippen LogP contribution in [0, 0.1) is 18.6 Å². The Balaban J connectivity index is 1.60. The fourth-order valence-corrected chi connectivity index (χ4v) is 3.11. The van der Waals surface area contributed by atoms with Gasteiger partial charge in [-0.1, -0.05) is 23.8 Å². The molecule has 0 spiro atoms. The van der Waals surface area contributed by atoms with Crippen molar-refractivity contribution in [3.63, 3.8) is 0 Å². The Labute approximate surface area is 146 Å². The molecule has 1 fully saturated rings. The Bertz CT molecular complexity index is 746. The van der Waals surface area contributed by atoms with Crippen molar-refractivity contribution in [2.45, 2.75) is 19.9 Å². The van der Waals surface area contributed by atoms with Gasteiger partial charge in [0.25, 0.3) is 5.91 Å². The zero-order valence-corrected chi connectivity index (χ0v) is 14.3. The van der Waals surface area contributed by atoms with Gasteiger partial charge in [0.2, 0.25) is 0 Å². The van der Waals surface area contributed by atoms with Gasteiger partial charge in [-0.05, 0) is 43.2 Å². The molecule has 1 aliphatic heterocycles. The Hall–Kier alpha value is -2.27. The summed E-state index contributed by atoms with van der Waals surface area (Å²) in [6, 6.07) is 11.6. The van der Waals surface area contributed by atoms with Crippen molar-refractivity contribution < 1.29 is 13.6 Å². The van der Waals surface area contributed by atoms with Gasteiger partial charge in [0.15, 0.2) is 11.6 Å². The highest BCUT2D eigenvalue weighted by atomic mass is 19.2. The predicted octanol–water partition coefficient (Wildman–Crippen LogP) is 3.62. The highest BCUT2D eigenvalue weighted by Gasteiger charge is 2.20. The van der Waals surface area contributed by atoms with Crippen molar-refractivity contribution in [1.82, 2.24) is 9.80 Å². The van der Waals surface area contributed by atoms with Gasteiger partial charge in [-0.2, -0.15) is 0 Å². The van der Waals surface area contributed by atoms with E-state index < -0.39 is 11.6 Å². The van der Waals surface area contributed by atoms with Crippen molar-refractivity contribution in [3.8, 4) is 0 Å². The maximum absolute atomic E-state index is 13.4. The van der Waals surface area contributed by atoms with E-state index in [1.807, 2.05) is 36.1 Å². The molecule has 0 radical (unpaired) electrons. The van der Waals surface area contributed by atoms with Crippen LogP contribution in [0.1, 0.15) is 27.9 Å². The van der Waals surface area contributed by atoms with Crippen LogP contribution in [0.15, 0.2) is 42.5 Å². The molecule has 1 amide bonds. The summed E-state index contributed by atoms with van der Waals surface area (Å²) in [5.41, 5.74) is 2.59. The van der Waals surface area contributed by atoms with E-state index in [0.717, 1.165) is 36.7 Å². The predicted molar refractivity (Wildman–Crippen MR) is 93.3 cm³/mol. The first-order valence-corrected chi connectivity index (χ1v) is 8.55. The van der Waals surface area contributed by atoms with Crippen LogP contribution in [0.5, 0.6) is 0 Å². The van der Waals surface area contributed by atoms with E-state index in [2.05, 4.69) is 4.90 Å². The first-order valence-electron chi connectivity index (χ1n) is 8.55. The third kappa shape index (κ3) is 4.42. The molecular formula is C20H22F2N2O. The summed E-state index contributed by atoms with van der Waals surface area (Å²) in [7, 11) is 0. The highest BCUT2D eigenvalue weighted by molar-refractivity contribution is 5.94. The Morgan fingerprint density at radius 3 is 2.44 bits per heavy atom. The van der Waals surface area contributed by atoms with E-state index in [1.54, 1.807) is 6.07 Å². The zero-order valence-electron chi connectivity index (χ0n) is 14.3. The van der Waals surface area contributed by atoms with Gasteiger partial charge >= 0.3 is 0 Å². The largest absolute Gasteiger partial charge is 0.337 e. The van der Waals surface area contributed by atoms with Gasteiger partial charge in [-0.3, -0.25) is 9.69 Å². The minimum absolute atomic E-state index is 0.0506. The van der Waals surface area contributed by atoms with Crippen LogP contribution >= 0.6 is 0 Å². The number of hydrogen-bond donors (Lipinski definition) is 0. The first kappa shape index (κ1) is 17.5. The molecule has 2 aromatic carbocycles. The van der Waals surface area contributed by atoms with Gasteiger partial charge in [-0.15, -0.1) is 0 Å². The molecule has 3 rings (SSSR count). The molecule has 1 aliphatic rings. The number of nitrogens with zero attached hydrogens (tertiary/aromatic N) is 2. The summed E-state index contributed by atoms with van der Waals surface area (Å²) in [5, 5.41) is 0. The van der Waals surface area contributed by atoms with Gasteiger partial charge in [0.1, 0.15) is 0 Å². The van der Waals surface area contributed by atoms with E-state index in [0.29, 0.717) is 25.2 Å². The Morgan fingerprint density at radius 1 is 0.960 bits per heavy atom. The van der Waals surface area contributed by atoms with Gasteiger partial charge in [-0.25, -0.2) is 8.78 Å². The molecule has 0 aliphatic carbocycles. The molecular weight excluding hydrogens is 322 g/mol. The van der Waals surface area contributed by atoms with Crippen LogP contribution in [0.4, 0.5) is 8.78 Å². The monoisotopic (exact) mass is 344 g/mol. The first-order chi connectivity index (χ1) is 12.0. The lowest BCUT2D eigenvalue weighted by molar-refractivity contribution is 0.0761. The second kappa shape index (κ2) is 7.74. The number of hydrogen-bond acceptors (Lipinski definition) is 2. The van der Waals surface area contributed by atoms with E-state index in [-0.39, 0.29) is 5.91 Å². The maximum Gasteiger partial charge on any atom is 0.253 e. The minimum atomic E-state index is -0.825. The third-order valence-electron chi connectivity index (χ3n) is 4.56. The average Bonchev–Trinajstić information content (AvgIpc) is 2.84. The smallest absolute Gasteiger partial charge is 0.253 e. The molecule has 3 nitrogen and oxygen atoms in total. The lowest BCUT2D eigenvalue weighted by Gasteiger charge is -2.22. The van der Waals surface area contributed by atoms with Crippen molar-refractivity contribution in [1.29, 1.82) is 0 Å². The van der Waals surface area contributed by atoms with Crippen LogP contribution in [-0.4, -0.2) is 41.9 Å². The SMILES string of the molecule is Cc1ccc(C(=O)N2CCCN(Cc3ccc(F)c(F)c3)CC2)cc1. The molecule has 5 heteroatoms. The summed E-state index contributed by atoms with van der Waals surface area (Å²) in [4.78, 5) is 16.7. The second-order valence-corrected chi connectivity index (χ2v) is 6.54. The number of halogens is 2. The molecule has 132 valence electrons. The van der Waals surface area contributed by atoms with Crippen LogP contribution in [0.2, 0.25) is 0 Å². The molecule has 0 saturated carbocycles. The molecule has 0 aromatic heterocycles. The van der Waals surface area contributed by atoms with E-state index >= 15 is 0 Å². The van der Waals surface area contributed by atoms with E-state index in [1.165, 1.54) is 6.07 Å². The number of amides is 1. The van der Waals surface area contributed by atoms with Crippen molar-refractivity contribution in [2.75, 3.05) is 26.2 Å². The Kier molecular flexibility index (Phi) is 5.43. The standard InChI is InChI=1S/C20H22F2N2O/c1-15-3-6-17(7-4-15)20(25)24-10-2-9-23(11-12-24)14-16-5-8-18(21)19(22)13-16/h3-8,13H,2,9-12,14H2,1H3. The lowest BCUT2D eigenvalue weighted by atomic mass is 10.1. The van der Waals surface area contributed by atoms with Crippen LogP contribution in [0.3, 0.4) is 0 Å². The Morgan fingerprint density at radius 2 is 1.72 bits per heavy atom. The van der Waals surface area contributed by atoms with Crippen LogP contribution in [-0.2, 0) is 6.54 Å². The summed E-state index contributed by atoms with van der Waals surface area (Å²) >= 11 is 0. The van der Waals surface area contributed by atoms with E-state index in [9.17, 15) is 13.6 Å².